The average molecular weight is 557 g/mol. The Bertz CT molecular complexity index is 399. The molecule has 0 atom stereocenters. The van der Waals surface area contributed by atoms with Crippen molar-refractivity contribution >= 4 is 0 Å². The molecule has 12 nitrogen and oxygen atoms in total. The summed E-state index contributed by atoms with van der Waals surface area (Å²) < 4.78 is 54.5. The van der Waals surface area contributed by atoms with Gasteiger partial charge < -0.3 is 57.2 Å². The molecule has 0 N–H and O–H groups in total. The number of hydrogen-bond donors (Lipinski definition) is 0. The minimum atomic E-state index is 0.528. The van der Waals surface area contributed by atoms with Crippen LogP contribution in [-0.4, -0.2) is 183 Å². The van der Waals surface area contributed by atoms with E-state index < -0.39 is 0 Å². The average Bonchev–Trinajstić information content (AvgIpc) is 2.89. The smallest absolute Gasteiger partial charge is 0.0701 e. The van der Waals surface area contributed by atoms with Gasteiger partial charge in [0.25, 0.3) is 0 Å². The Balaban J connectivity index is 3.03. The van der Waals surface area contributed by atoms with Gasteiger partial charge in [0, 0.05) is 13.1 Å². The summed E-state index contributed by atoms with van der Waals surface area (Å²) in [5.41, 5.74) is 0. The molecule has 0 unspecified atom stereocenters. The van der Waals surface area contributed by atoms with E-state index in [1.54, 1.807) is 0 Å². The van der Waals surface area contributed by atoms with Crippen LogP contribution in [0.15, 0.2) is 0 Å². The molecule has 0 bridgehead atoms. The number of rotatable bonds is 33. The summed E-state index contributed by atoms with van der Waals surface area (Å²) in [7, 11) is 8.09. The lowest BCUT2D eigenvalue weighted by Gasteiger charge is -2.10. The van der Waals surface area contributed by atoms with Crippen molar-refractivity contribution in [3.8, 4) is 0 Å². The highest BCUT2D eigenvalue weighted by Gasteiger charge is 1.96. The quantitative estimate of drug-likeness (QED) is 0.104. The zero-order valence-corrected chi connectivity index (χ0v) is 24.5. The Morgan fingerprint density at radius 3 is 0.500 bits per heavy atom. The number of nitrogens with zero attached hydrogens (tertiary/aromatic N) is 2. The molecule has 38 heavy (non-hydrogen) atoms. The van der Waals surface area contributed by atoms with Crippen LogP contribution in [0.2, 0.25) is 0 Å². The van der Waals surface area contributed by atoms with Crippen molar-refractivity contribution in [2.24, 2.45) is 0 Å². The van der Waals surface area contributed by atoms with E-state index >= 15 is 0 Å². The third kappa shape index (κ3) is 35.5. The first kappa shape index (κ1) is 37.5. The van der Waals surface area contributed by atoms with E-state index in [0.717, 1.165) is 26.3 Å². The molecule has 230 valence electrons. The third-order valence-electron chi connectivity index (χ3n) is 4.71. The SMILES string of the molecule is CN(C)CCOCCOCCOCCOCCOCCOCCOCCOCCOCCOCCN(C)C. The van der Waals surface area contributed by atoms with Crippen molar-refractivity contribution in [3.63, 3.8) is 0 Å². The van der Waals surface area contributed by atoms with Gasteiger partial charge in [-0.15, -0.1) is 0 Å². The van der Waals surface area contributed by atoms with Gasteiger partial charge in [0.1, 0.15) is 0 Å². The van der Waals surface area contributed by atoms with Gasteiger partial charge in [-0.3, -0.25) is 0 Å². The molecule has 0 rings (SSSR count). The largest absolute Gasteiger partial charge is 0.378 e. The van der Waals surface area contributed by atoms with Gasteiger partial charge in [-0.05, 0) is 28.2 Å². The van der Waals surface area contributed by atoms with Gasteiger partial charge in [-0.2, -0.15) is 0 Å². The van der Waals surface area contributed by atoms with Gasteiger partial charge in [0.05, 0.1) is 132 Å². The van der Waals surface area contributed by atoms with E-state index in [2.05, 4.69) is 9.80 Å². The van der Waals surface area contributed by atoms with Crippen LogP contribution < -0.4 is 0 Å². The van der Waals surface area contributed by atoms with Crippen molar-refractivity contribution in [1.29, 1.82) is 0 Å². The Kier molecular flexibility index (Phi) is 32.3. The number of ether oxygens (including phenoxy) is 10. The standard InChI is InChI=1S/C26H56N2O10/c1-27(2)5-7-29-9-11-31-13-15-33-17-19-35-21-23-37-25-26-38-24-22-36-20-18-34-16-14-32-12-10-30-8-6-28(3)4/h5-26H2,1-4H3. The first-order valence-electron chi connectivity index (χ1n) is 13.7. The zero-order chi connectivity index (χ0) is 27.8. The maximum atomic E-state index is 5.47. The Morgan fingerprint density at radius 2 is 0.368 bits per heavy atom. The van der Waals surface area contributed by atoms with E-state index in [9.17, 15) is 0 Å². The summed E-state index contributed by atoms with van der Waals surface area (Å²) in [5.74, 6) is 0. The van der Waals surface area contributed by atoms with E-state index in [1.807, 2.05) is 28.2 Å². The van der Waals surface area contributed by atoms with E-state index in [0.29, 0.717) is 119 Å². The molecular weight excluding hydrogens is 500 g/mol. The third-order valence-corrected chi connectivity index (χ3v) is 4.71. The van der Waals surface area contributed by atoms with Crippen LogP contribution in [0.25, 0.3) is 0 Å². The lowest BCUT2D eigenvalue weighted by atomic mass is 10.6. The second-order valence-corrected chi connectivity index (χ2v) is 8.73. The molecular formula is C26H56N2O10. The predicted molar refractivity (Wildman–Crippen MR) is 145 cm³/mol. The summed E-state index contributed by atoms with van der Waals surface area (Å²) in [6.07, 6.45) is 0. The minimum Gasteiger partial charge on any atom is -0.378 e. The first-order valence-corrected chi connectivity index (χ1v) is 13.7. The Labute approximate surface area is 231 Å². The maximum Gasteiger partial charge on any atom is 0.0701 e. The van der Waals surface area contributed by atoms with Gasteiger partial charge in [-0.1, -0.05) is 0 Å². The molecule has 0 amide bonds. The molecule has 12 heteroatoms. The zero-order valence-electron chi connectivity index (χ0n) is 24.5. The Morgan fingerprint density at radius 1 is 0.237 bits per heavy atom. The molecule has 0 aromatic heterocycles. The lowest BCUT2D eigenvalue weighted by Crippen LogP contribution is -2.19. The van der Waals surface area contributed by atoms with Crippen molar-refractivity contribution in [1.82, 2.24) is 9.80 Å². The molecule has 0 aromatic rings. The first-order chi connectivity index (χ1) is 18.6. The highest BCUT2D eigenvalue weighted by molar-refractivity contribution is 4.42. The summed E-state index contributed by atoms with van der Waals surface area (Å²) in [4.78, 5) is 4.17. The lowest BCUT2D eigenvalue weighted by molar-refractivity contribution is -0.0266. The predicted octanol–water partition coefficient (Wildman–Crippen LogP) is 0.276. The summed E-state index contributed by atoms with van der Waals surface area (Å²) in [6.45, 7) is 13.2. The van der Waals surface area contributed by atoms with Crippen LogP contribution >= 0.6 is 0 Å². The summed E-state index contributed by atoms with van der Waals surface area (Å²) >= 11 is 0. The molecule has 0 aliphatic heterocycles. The minimum absolute atomic E-state index is 0.528. The molecule has 0 saturated carbocycles. The highest BCUT2D eigenvalue weighted by atomic mass is 16.6. The van der Waals surface area contributed by atoms with Crippen LogP contribution in [0, 0.1) is 0 Å². The van der Waals surface area contributed by atoms with Crippen LogP contribution in [0.5, 0.6) is 0 Å². The van der Waals surface area contributed by atoms with E-state index in [4.69, 9.17) is 47.4 Å². The van der Waals surface area contributed by atoms with Crippen molar-refractivity contribution in [3.05, 3.63) is 0 Å². The second-order valence-electron chi connectivity index (χ2n) is 8.73. The second kappa shape index (κ2) is 32.7. The molecule has 0 fully saturated rings. The molecule has 0 heterocycles. The fourth-order valence-corrected chi connectivity index (χ4v) is 2.58. The van der Waals surface area contributed by atoms with E-state index in [1.165, 1.54) is 0 Å². The topological polar surface area (TPSA) is 98.8 Å². The fourth-order valence-electron chi connectivity index (χ4n) is 2.58. The van der Waals surface area contributed by atoms with Crippen molar-refractivity contribution < 1.29 is 47.4 Å². The summed E-state index contributed by atoms with van der Waals surface area (Å²) in [5, 5.41) is 0. The Hall–Kier alpha value is -0.480. The van der Waals surface area contributed by atoms with Gasteiger partial charge in [0.15, 0.2) is 0 Å². The maximum absolute atomic E-state index is 5.47. The monoisotopic (exact) mass is 556 g/mol. The van der Waals surface area contributed by atoms with Crippen molar-refractivity contribution in [2.45, 2.75) is 0 Å². The number of likely N-dealkylation sites (N-methyl/N-ethyl adjacent to an activating group) is 2. The van der Waals surface area contributed by atoms with Crippen LogP contribution in [0.4, 0.5) is 0 Å². The van der Waals surface area contributed by atoms with Crippen LogP contribution in [-0.2, 0) is 47.4 Å². The molecule has 0 saturated heterocycles. The highest BCUT2D eigenvalue weighted by Crippen LogP contribution is 1.87. The van der Waals surface area contributed by atoms with Crippen molar-refractivity contribution in [2.75, 3.05) is 173 Å². The van der Waals surface area contributed by atoms with Gasteiger partial charge >= 0.3 is 0 Å². The molecule has 0 aromatic carbocycles. The molecule has 0 radical (unpaired) electrons. The summed E-state index contributed by atoms with van der Waals surface area (Å²) in [6, 6.07) is 0. The van der Waals surface area contributed by atoms with E-state index in [-0.39, 0.29) is 0 Å². The van der Waals surface area contributed by atoms with Gasteiger partial charge in [-0.25, -0.2) is 0 Å². The van der Waals surface area contributed by atoms with Crippen LogP contribution in [0.3, 0.4) is 0 Å². The molecule has 0 aliphatic rings. The molecule has 0 spiro atoms. The van der Waals surface area contributed by atoms with Gasteiger partial charge in [0.2, 0.25) is 0 Å². The molecule has 0 aliphatic carbocycles. The number of hydrogen-bond acceptors (Lipinski definition) is 12. The normalized spacial score (nSPS) is 11.8. The fraction of sp³-hybridized carbons (Fsp3) is 1.00. The van der Waals surface area contributed by atoms with Crippen LogP contribution in [0.1, 0.15) is 0 Å².